The molecule has 1 aliphatic heterocycles. The molecular formula is C23H18FN5O4S. The van der Waals surface area contributed by atoms with Gasteiger partial charge in [-0.25, -0.2) is 9.18 Å². The molecule has 2 aromatic carbocycles. The van der Waals surface area contributed by atoms with Crippen LogP contribution < -0.4 is 21.9 Å². The van der Waals surface area contributed by atoms with Crippen LogP contribution in [0.4, 0.5) is 10.2 Å². The first-order chi connectivity index (χ1) is 16.3. The quantitative estimate of drug-likeness (QED) is 0.532. The third-order valence-electron chi connectivity index (χ3n) is 5.27. The minimum absolute atomic E-state index is 0.0312. The summed E-state index contributed by atoms with van der Waals surface area (Å²) in [6, 6.07) is 14.0. The van der Waals surface area contributed by atoms with E-state index in [1.54, 1.807) is 24.3 Å². The number of nitrogens with zero attached hydrogens (tertiary/aromatic N) is 3. The van der Waals surface area contributed by atoms with Crippen LogP contribution in [0.15, 0.2) is 63.0 Å². The number of rotatable bonds is 5. The van der Waals surface area contributed by atoms with Crippen molar-refractivity contribution >= 4 is 29.4 Å². The van der Waals surface area contributed by atoms with Gasteiger partial charge in [0.15, 0.2) is 5.25 Å². The number of hydrogen-bond donors (Lipinski definition) is 2. The standard InChI is InChI=1S/C23H18FN5O4S/c1-28-19-17(22(32)29(23(28)33)12-15-4-2-13(10-25)3-5-15)34-18(21(31)27-19)20(30)26-11-14-6-8-16(24)9-7-14/h2-9,18H,11-12H2,1H3,(H,26,30)(H,27,31). The lowest BCUT2D eigenvalue weighted by atomic mass is 10.1. The SMILES string of the molecule is Cn1c2c(c(=O)n(Cc3ccc(C#N)cc3)c1=O)SC(C(=O)NCc1ccc(F)cc1)C(=O)N2. The van der Waals surface area contributed by atoms with E-state index in [-0.39, 0.29) is 23.8 Å². The average molecular weight is 479 g/mol. The fourth-order valence-corrected chi connectivity index (χ4v) is 4.51. The molecule has 1 atom stereocenters. The van der Waals surface area contributed by atoms with Crippen LogP contribution in [0.2, 0.25) is 0 Å². The van der Waals surface area contributed by atoms with E-state index in [9.17, 15) is 23.6 Å². The molecule has 0 bridgehead atoms. The highest BCUT2D eigenvalue weighted by atomic mass is 32.2. The van der Waals surface area contributed by atoms with Gasteiger partial charge in [0.1, 0.15) is 16.5 Å². The molecule has 4 rings (SSSR count). The third-order valence-corrected chi connectivity index (χ3v) is 6.53. The highest BCUT2D eigenvalue weighted by Crippen LogP contribution is 2.32. The van der Waals surface area contributed by atoms with Crippen LogP contribution in [0, 0.1) is 17.1 Å². The summed E-state index contributed by atoms with van der Waals surface area (Å²) in [7, 11) is 1.42. The minimum Gasteiger partial charge on any atom is -0.351 e. The molecular weight excluding hydrogens is 461 g/mol. The Morgan fingerprint density at radius 3 is 2.41 bits per heavy atom. The van der Waals surface area contributed by atoms with Crippen molar-refractivity contribution in [3.8, 4) is 6.07 Å². The summed E-state index contributed by atoms with van der Waals surface area (Å²) in [5, 5.41) is 12.8. The van der Waals surface area contributed by atoms with E-state index >= 15 is 0 Å². The van der Waals surface area contributed by atoms with Gasteiger partial charge in [-0.1, -0.05) is 36.0 Å². The molecule has 0 aliphatic carbocycles. The number of nitrogens with one attached hydrogen (secondary N) is 2. The Labute approximate surface area is 196 Å². The van der Waals surface area contributed by atoms with Gasteiger partial charge in [-0.15, -0.1) is 0 Å². The number of thioether (sulfide) groups is 1. The topological polar surface area (TPSA) is 126 Å². The first-order valence-electron chi connectivity index (χ1n) is 10.1. The highest BCUT2D eigenvalue weighted by molar-refractivity contribution is 8.01. The fourth-order valence-electron chi connectivity index (χ4n) is 3.40. The first kappa shape index (κ1) is 23.0. The number of benzene rings is 2. The maximum atomic E-state index is 13.2. The molecule has 0 spiro atoms. The normalized spacial score (nSPS) is 14.6. The van der Waals surface area contributed by atoms with Crippen molar-refractivity contribution in [2.24, 2.45) is 7.05 Å². The van der Waals surface area contributed by atoms with E-state index in [0.29, 0.717) is 16.7 Å². The maximum Gasteiger partial charge on any atom is 0.332 e. The minimum atomic E-state index is -1.25. The Morgan fingerprint density at radius 2 is 1.76 bits per heavy atom. The van der Waals surface area contributed by atoms with Crippen LogP contribution in [0.3, 0.4) is 0 Å². The summed E-state index contributed by atoms with van der Waals surface area (Å²) in [6.45, 7) is 0.0347. The Kier molecular flexibility index (Phi) is 6.34. The molecule has 1 aliphatic rings. The molecule has 0 saturated carbocycles. The van der Waals surface area contributed by atoms with Crippen molar-refractivity contribution in [3.63, 3.8) is 0 Å². The zero-order valence-corrected chi connectivity index (χ0v) is 18.7. The van der Waals surface area contributed by atoms with Crippen LogP contribution in [0.1, 0.15) is 16.7 Å². The van der Waals surface area contributed by atoms with Gasteiger partial charge in [0.25, 0.3) is 5.56 Å². The summed E-state index contributed by atoms with van der Waals surface area (Å²) in [5.41, 5.74) is 0.458. The van der Waals surface area contributed by atoms with Crippen molar-refractivity contribution in [1.29, 1.82) is 5.26 Å². The Hall–Kier alpha value is -4.17. The predicted molar refractivity (Wildman–Crippen MR) is 123 cm³/mol. The molecule has 9 nitrogen and oxygen atoms in total. The van der Waals surface area contributed by atoms with Crippen molar-refractivity contribution in [1.82, 2.24) is 14.5 Å². The highest BCUT2D eigenvalue weighted by Gasteiger charge is 2.36. The van der Waals surface area contributed by atoms with Crippen LogP contribution >= 0.6 is 11.8 Å². The van der Waals surface area contributed by atoms with Gasteiger partial charge in [-0.3, -0.25) is 23.5 Å². The number of carbonyl (C=O) groups is 2. The summed E-state index contributed by atoms with van der Waals surface area (Å²) < 4.78 is 15.2. The number of nitriles is 1. The molecule has 1 aromatic heterocycles. The number of aromatic nitrogens is 2. The van der Waals surface area contributed by atoms with E-state index in [1.807, 2.05) is 6.07 Å². The number of fused-ring (bicyclic) bond motifs is 1. The third kappa shape index (κ3) is 4.49. The van der Waals surface area contributed by atoms with E-state index < -0.39 is 34.1 Å². The van der Waals surface area contributed by atoms with Gasteiger partial charge >= 0.3 is 5.69 Å². The van der Waals surface area contributed by atoms with E-state index in [0.717, 1.165) is 20.9 Å². The summed E-state index contributed by atoms with van der Waals surface area (Å²) in [4.78, 5) is 51.3. The second-order valence-corrected chi connectivity index (χ2v) is 8.67. The average Bonchev–Trinajstić information content (AvgIpc) is 2.85. The van der Waals surface area contributed by atoms with Gasteiger partial charge < -0.3 is 10.6 Å². The molecule has 2 amide bonds. The molecule has 0 radical (unpaired) electrons. The number of halogens is 1. The molecule has 0 fully saturated rings. The first-order valence-corrected chi connectivity index (χ1v) is 11.0. The molecule has 11 heteroatoms. The second-order valence-electron chi connectivity index (χ2n) is 7.55. The summed E-state index contributed by atoms with van der Waals surface area (Å²) in [5.74, 6) is -1.65. The van der Waals surface area contributed by atoms with Crippen LogP contribution in [-0.2, 0) is 29.7 Å². The number of carbonyl (C=O) groups excluding carboxylic acids is 2. The van der Waals surface area contributed by atoms with Gasteiger partial charge in [-0.05, 0) is 35.4 Å². The van der Waals surface area contributed by atoms with Crippen molar-refractivity contribution in [2.45, 2.75) is 23.2 Å². The lowest BCUT2D eigenvalue weighted by molar-refractivity contribution is -0.126. The van der Waals surface area contributed by atoms with Gasteiger partial charge in [0, 0.05) is 13.6 Å². The molecule has 2 heterocycles. The number of hydrogen-bond acceptors (Lipinski definition) is 6. The predicted octanol–water partition coefficient (Wildman–Crippen LogP) is 1.34. The smallest absolute Gasteiger partial charge is 0.332 e. The van der Waals surface area contributed by atoms with Crippen molar-refractivity contribution in [2.75, 3.05) is 5.32 Å². The van der Waals surface area contributed by atoms with E-state index in [2.05, 4.69) is 10.6 Å². The zero-order valence-electron chi connectivity index (χ0n) is 17.9. The zero-order chi connectivity index (χ0) is 24.4. The largest absolute Gasteiger partial charge is 0.351 e. The van der Waals surface area contributed by atoms with Gasteiger partial charge in [0.05, 0.1) is 18.2 Å². The number of anilines is 1. The Bertz CT molecular complexity index is 1440. The summed E-state index contributed by atoms with van der Waals surface area (Å²) >= 11 is 0.771. The Balaban J connectivity index is 1.59. The molecule has 2 N–H and O–H groups in total. The lowest BCUT2D eigenvalue weighted by Gasteiger charge is -2.25. The van der Waals surface area contributed by atoms with Crippen LogP contribution in [0.5, 0.6) is 0 Å². The van der Waals surface area contributed by atoms with E-state index in [4.69, 9.17) is 5.26 Å². The monoisotopic (exact) mass is 479 g/mol. The number of amides is 2. The second kappa shape index (κ2) is 9.36. The van der Waals surface area contributed by atoms with Crippen LogP contribution in [0.25, 0.3) is 0 Å². The van der Waals surface area contributed by atoms with E-state index in [1.165, 1.54) is 31.3 Å². The molecule has 3 aromatic rings. The molecule has 172 valence electrons. The van der Waals surface area contributed by atoms with Crippen molar-refractivity contribution < 1.29 is 14.0 Å². The van der Waals surface area contributed by atoms with Gasteiger partial charge in [0.2, 0.25) is 11.8 Å². The molecule has 0 saturated heterocycles. The summed E-state index contributed by atoms with van der Waals surface area (Å²) in [6.07, 6.45) is 0. The molecule has 34 heavy (non-hydrogen) atoms. The Morgan fingerprint density at radius 1 is 1.12 bits per heavy atom. The maximum absolute atomic E-state index is 13.2. The van der Waals surface area contributed by atoms with Crippen LogP contribution in [-0.4, -0.2) is 26.2 Å². The fraction of sp³-hybridized carbons (Fsp3) is 0.174. The van der Waals surface area contributed by atoms with Crippen molar-refractivity contribution in [3.05, 3.63) is 91.9 Å². The lowest BCUT2D eigenvalue weighted by Crippen LogP contribution is -2.48. The molecule has 1 unspecified atom stereocenters. The van der Waals surface area contributed by atoms with Gasteiger partial charge in [-0.2, -0.15) is 5.26 Å².